The highest BCUT2D eigenvalue weighted by Crippen LogP contribution is 2.17. The van der Waals surface area contributed by atoms with Gasteiger partial charge in [-0.05, 0) is 28.7 Å². The van der Waals surface area contributed by atoms with E-state index in [9.17, 15) is 4.79 Å². The summed E-state index contributed by atoms with van der Waals surface area (Å²) in [7, 11) is 0. The number of anilines is 1. The SMILES string of the molecule is O=C(NCCNc1noc(-c2ccccc2)n1)c1cccs1. The summed E-state index contributed by atoms with van der Waals surface area (Å²) >= 11 is 1.41. The molecule has 7 heteroatoms. The number of nitrogens with zero attached hydrogens (tertiary/aromatic N) is 2. The highest BCUT2D eigenvalue weighted by Gasteiger charge is 2.08. The molecule has 22 heavy (non-hydrogen) atoms. The molecule has 0 saturated heterocycles. The molecule has 0 atom stereocenters. The molecule has 2 heterocycles. The van der Waals surface area contributed by atoms with Crippen LogP contribution in [0.4, 0.5) is 5.95 Å². The lowest BCUT2D eigenvalue weighted by Gasteiger charge is -2.03. The van der Waals surface area contributed by atoms with Gasteiger partial charge in [-0.3, -0.25) is 4.79 Å². The van der Waals surface area contributed by atoms with Crippen LogP contribution in [0, 0.1) is 0 Å². The Bertz CT molecular complexity index is 725. The Morgan fingerprint density at radius 2 is 2.00 bits per heavy atom. The van der Waals surface area contributed by atoms with Crippen molar-refractivity contribution in [3.05, 3.63) is 52.7 Å². The van der Waals surface area contributed by atoms with E-state index in [1.54, 1.807) is 6.07 Å². The summed E-state index contributed by atoms with van der Waals surface area (Å²) in [5.41, 5.74) is 0.869. The van der Waals surface area contributed by atoms with E-state index in [2.05, 4.69) is 20.8 Å². The van der Waals surface area contributed by atoms with Crippen LogP contribution in [0.15, 0.2) is 52.4 Å². The zero-order valence-corrected chi connectivity index (χ0v) is 12.5. The summed E-state index contributed by atoms with van der Waals surface area (Å²) in [4.78, 5) is 16.7. The number of aromatic nitrogens is 2. The molecule has 0 aliphatic carbocycles. The number of nitrogens with one attached hydrogen (secondary N) is 2. The first kappa shape index (κ1) is 14.3. The van der Waals surface area contributed by atoms with Gasteiger partial charge in [-0.15, -0.1) is 11.3 Å². The molecule has 2 N–H and O–H groups in total. The van der Waals surface area contributed by atoms with E-state index in [0.29, 0.717) is 29.8 Å². The minimum absolute atomic E-state index is 0.0742. The number of thiophene rings is 1. The molecule has 112 valence electrons. The molecule has 0 unspecified atom stereocenters. The molecule has 0 aliphatic heterocycles. The standard InChI is InChI=1S/C15H14N4O2S/c20-13(12-7-4-10-22-12)16-8-9-17-15-18-14(21-19-15)11-5-2-1-3-6-11/h1-7,10H,8-9H2,(H,16,20)(H,17,19). The van der Waals surface area contributed by atoms with Crippen molar-refractivity contribution < 1.29 is 9.32 Å². The van der Waals surface area contributed by atoms with Crippen LogP contribution in [-0.2, 0) is 0 Å². The van der Waals surface area contributed by atoms with Crippen molar-refractivity contribution in [1.82, 2.24) is 15.5 Å². The van der Waals surface area contributed by atoms with E-state index in [1.807, 2.05) is 41.8 Å². The van der Waals surface area contributed by atoms with Gasteiger partial charge in [0.1, 0.15) is 0 Å². The summed E-state index contributed by atoms with van der Waals surface area (Å²) in [6.45, 7) is 0.997. The van der Waals surface area contributed by atoms with Gasteiger partial charge in [0.05, 0.1) is 4.88 Å². The maximum atomic E-state index is 11.7. The molecule has 2 aromatic heterocycles. The molecule has 0 spiro atoms. The molecular weight excluding hydrogens is 300 g/mol. The Balaban J connectivity index is 1.47. The third kappa shape index (κ3) is 3.50. The number of carbonyl (C=O) groups excluding carboxylic acids is 1. The highest BCUT2D eigenvalue weighted by molar-refractivity contribution is 7.12. The molecule has 0 fully saturated rings. The first-order valence-corrected chi connectivity index (χ1v) is 7.65. The minimum Gasteiger partial charge on any atom is -0.350 e. The number of benzene rings is 1. The van der Waals surface area contributed by atoms with Gasteiger partial charge < -0.3 is 15.2 Å². The third-order valence-electron chi connectivity index (χ3n) is 2.89. The molecule has 6 nitrogen and oxygen atoms in total. The van der Waals surface area contributed by atoms with E-state index < -0.39 is 0 Å². The van der Waals surface area contributed by atoms with Crippen molar-refractivity contribution in [2.45, 2.75) is 0 Å². The van der Waals surface area contributed by atoms with E-state index in [1.165, 1.54) is 11.3 Å². The molecule has 0 bridgehead atoms. The van der Waals surface area contributed by atoms with Gasteiger partial charge in [0.25, 0.3) is 17.7 Å². The van der Waals surface area contributed by atoms with Crippen LogP contribution in [0.5, 0.6) is 0 Å². The number of rotatable bonds is 6. The molecule has 0 radical (unpaired) electrons. The summed E-state index contributed by atoms with van der Waals surface area (Å²) < 4.78 is 5.18. The molecule has 3 aromatic rings. The van der Waals surface area contributed by atoms with Crippen LogP contribution >= 0.6 is 11.3 Å². The summed E-state index contributed by atoms with van der Waals surface area (Å²) in [6, 6.07) is 13.2. The van der Waals surface area contributed by atoms with Crippen LogP contribution in [0.2, 0.25) is 0 Å². The van der Waals surface area contributed by atoms with Gasteiger partial charge in [0, 0.05) is 18.7 Å². The van der Waals surface area contributed by atoms with E-state index >= 15 is 0 Å². The van der Waals surface area contributed by atoms with Gasteiger partial charge >= 0.3 is 0 Å². The monoisotopic (exact) mass is 314 g/mol. The fourth-order valence-electron chi connectivity index (χ4n) is 1.84. The van der Waals surface area contributed by atoms with Crippen LogP contribution in [0.1, 0.15) is 9.67 Å². The van der Waals surface area contributed by atoms with Crippen LogP contribution in [-0.4, -0.2) is 29.1 Å². The lowest BCUT2D eigenvalue weighted by molar-refractivity contribution is 0.0959. The van der Waals surface area contributed by atoms with E-state index in [-0.39, 0.29) is 5.91 Å². The maximum absolute atomic E-state index is 11.7. The number of hydrogen-bond acceptors (Lipinski definition) is 6. The second-order valence-corrected chi connectivity index (χ2v) is 5.40. The molecular formula is C15H14N4O2S. The highest BCUT2D eigenvalue weighted by atomic mass is 32.1. The van der Waals surface area contributed by atoms with Crippen LogP contribution < -0.4 is 10.6 Å². The zero-order valence-electron chi connectivity index (χ0n) is 11.7. The fourth-order valence-corrected chi connectivity index (χ4v) is 2.48. The first-order valence-electron chi connectivity index (χ1n) is 6.77. The lowest BCUT2D eigenvalue weighted by atomic mass is 10.2. The maximum Gasteiger partial charge on any atom is 0.263 e. The van der Waals surface area contributed by atoms with Gasteiger partial charge in [-0.1, -0.05) is 24.3 Å². The predicted octanol–water partition coefficient (Wildman–Crippen LogP) is 2.64. The van der Waals surface area contributed by atoms with Crippen molar-refractivity contribution in [2.24, 2.45) is 0 Å². The largest absolute Gasteiger partial charge is 0.350 e. The Kier molecular flexibility index (Phi) is 4.45. The van der Waals surface area contributed by atoms with Gasteiger partial charge in [-0.2, -0.15) is 4.98 Å². The summed E-state index contributed by atoms with van der Waals surface area (Å²) in [5, 5.41) is 11.5. The average molecular weight is 314 g/mol. The normalized spacial score (nSPS) is 10.4. The van der Waals surface area contributed by atoms with Crippen molar-refractivity contribution in [1.29, 1.82) is 0 Å². The Labute approximate surface area is 131 Å². The second kappa shape index (κ2) is 6.86. The van der Waals surface area contributed by atoms with E-state index in [4.69, 9.17) is 4.52 Å². The summed E-state index contributed by atoms with van der Waals surface area (Å²) in [5.74, 6) is 0.796. The molecule has 1 aromatic carbocycles. The summed E-state index contributed by atoms with van der Waals surface area (Å²) in [6.07, 6.45) is 0. The van der Waals surface area contributed by atoms with Crippen molar-refractivity contribution in [2.75, 3.05) is 18.4 Å². The van der Waals surface area contributed by atoms with Crippen LogP contribution in [0.3, 0.4) is 0 Å². The minimum atomic E-state index is -0.0742. The molecule has 3 rings (SSSR count). The Morgan fingerprint density at radius 3 is 2.77 bits per heavy atom. The molecule has 0 aliphatic rings. The predicted molar refractivity (Wildman–Crippen MR) is 84.9 cm³/mol. The number of hydrogen-bond donors (Lipinski definition) is 2. The molecule has 0 saturated carbocycles. The zero-order chi connectivity index (χ0) is 15.2. The first-order chi connectivity index (χ1) is 10.8. The number of carbonyl (C=O) groups is 1. The van der Waals surface area contributed by atoms with Gasteiger partial charge in [-0.25, -0.2) is 0 Å². The van der Waals surface area contributed by atoms with Crippen molar-refractivity contribution in [3.63, 3.8) is 0 Å². The Morgan fingerprint density at radius 1 is 1.14 bits per heavy atom. The average Bonchev–Trinajstić information content (AvgIpc) is 3.24. The van der Waals surface area contributed by atoms with Crippen molar-refractivity contribution in [3.8, 4) is 11.5 Å². The topological polar surface area (TPSA) is 80.0 Å². The Hall–Kier alpha value is -2.67. The van der Waals surface area contributed by atoms with Crippen molar-refractivity contribution >= 4 is 23.2 Å². The fraction of sp³-hybridized carbons (Fsp3) is 0.133. The smallest absolute Gasteiger partial charge is 0.263 e. The quantitative estimate of drug-likeness (QED) is 0.684. The lowest BCUT2D eigenvalue weighted by Crippen LogP contribution is -2.28. The second-order valence-electron chi connectivity index (χ2n) is 4.45. The van der Waals surface area contributed by atoms with Gasteiger partial charge in [0.15, 0.2) is 0 Å². The molecule has 1 amide bonds. The van der Waals surface area contributed by atoms with E-state index in [0.717, 1.165) is 5.56 Å². The van der Waals surface area contributed by atoms with Gasteiger partial charge in [0.2, 0.25) is 0 Å². The third-order valence-corrected chi connectivity index (χ3v) is 3.75. The number of amides is 1. The van der Waals surface area contributed by atoms with Crippen LogP contribution in [0.25, 0.3) is 11.5 Å².